The molecule has 0 heterocycles. The average molecular weight is 547 g/mol. The predicted molar refractivity (Wildman–Crippen MR) is 152 cm³/mol. The SMILES string of the molecule is CC(=O)NC1CCC2C3CC=C4C(c5ccc[c]c5N(CCCl)CCCl)C(O)CC[C@]4(C)C3CC[C@]12C. The summed E-state index contributed by atoms with van der Waals surface area (Å²) in [5.74, 6) is 3.04. The number of carbonyl (C=O) groups excluding carboxylic acids is 1. The Bertz CT molecular complexity index is 1020. The summed E-state index contributed by atoms with van der Waals surface area (Å²) < 4.78 is 0. The van der Waals surface area contributed by atoms with Gasteiger partial charge in [0.05, 0.1) is 6.10 Å². The molecule has 3 saturated carbocycles. The average Bonchev–Trinajstić information content (AvgIpc) is 3.20. The standard InChI is InChI=1S/C31H43Cl2N2O2/c1-20(36)34-28-11-10-23-21-8-9-25-29(22-6-4-5-7-26(22)35(18-16-32)19-17-33)27(37)13-15-30(25,2)24(21)12-14-31(23,28)3/h4-6,9,21,23-24,27-29,37H,8,10-19H2,1-3H3,(H,34,36)/t21?,23?,24?,27?,28?,29?,30-,31+/m1/s1. The molecular weight excluding hydrogens is 503 g/mol. The quantitative estimate of drug-likeness (QED) is 0.312. The second-order valence-corrected chi connectivity index (χ2v) is 13.2. The van der Waals surface area contributed by atoms with Crippen molar-refractivity contribution in [3.63, 3.8) is 0 Å². The van der Waals surface area contributed by atoms with E-state index in [1.54, 1.807) is 6.92 Å². The molecule has 4 aliphatic carbocycles. The molecule has 0 aliphatic heterocycles. The molecule has 1 amide bonds. The number of carbonyl (C=O) groups is 1. The number of anilines is 1. The molecule has 203 valence electrons. The fourth-order valence-electron chi connectivity index (χ4n) is 9.11. The van der Waals surface area contributed by atoms with Crippen LogP contribution < -0.4 is 10.2 Å². The maximum absolute atomic E-state index is 11.9. The molecule has 6 unspecified atom stereocenters. The van der Waals surface area contributed by atoms with Crippen LogP contribution in [0.25, 0.3) is 0 Å². The number of rotatable bonds is 7. The summed E-state index contributed by atoms with van der Waals surface area (Å²) in [6.07, 6.45) is 9.71. The highest BCUT2D eigenvalue weighted by Gasteiger charge is 2.60. The lowest BCUT2D eigenvalue weighted by Gasteiger charge is -2.59. The fraction of sp³-hybridized carbons (Fsp3) is 0.710. The van der Waals surface area contributed by atoms with Gasteiger partial charge >= 0.3 is 0 Å². The molecule has 0 spiro atoms. The summed E-state index contributed by atoms with van der Waals surface area (Å²) in [7, 11) is 0. The van der Waals surface area contributed by atoms with E-state index in [9.17, 15) is 9.90 Å². The predicted octanol–water partition coefficient (Wildman–Crippen LogP) is 6.29. The van der Waals surface area contributed by atoms with Crippen molar-refractivity contribution in [1.29, 1.82) is 0 Å². The third-order valence-corrected chi connectivity index (χ3v) is 11.1. The maximum Gasteiger partial charge on any atom is 0.217 e. The first-order chi connectivity index (χ1) is 17.7. The molecule has 2 N–H and O–H groups in total. The summed E-state index contributed by atoms with van der Waals surface area (Å²) in [5.41, 5.74) is 3.90. The zero-order valence-corrected chi connectivity index (χ0v) is 24.1. The number of alkyl halides is 2. The number of halogens is 2. The van der Waals surface area contributed by atoms with Gasteiger partial charge in [0.15, 0.2) is 0 Å². The molecule has 5 rings (SSSR count). The van der Waals surface area contributed by atoms with E-state index in [4.69, 9.17) is 23.2 Å². The van der Waals surface area contributed by atoms with Crippen molar-refractivity contribution >= 4 is 34.8 Å². The van der Waals surface area contributed by atoms with E-state index in [2.05, 4.69) is 48.3 Å². The third-order valence-electron chi connectivity index (χ3n) is 10.8. The van der Waals surface area contributed by atoms with Crippen molar-refractivity contribution in [1.82, 2.24) is 5.32 Å². The number of fused-ring (bicyclic) bond motifs is 5. The van der Waals surface area contributed by atoms with Crippen LogP contribution in [-0.2, 0) is 4.79 Å². The molecule has 1 aromatic rings. The lowest BCUT2D eigenvalue weighted by molar-refractivity contribution is -0.121. The van der Waals surface area contributed by atoms with Crippen LogP contribution in [0.2, 0.25) is 0 Å². The van der Waals surface area contributed by atoms with Crippen LogP contribution in [0, 0.1) is 34.7 Å². The van der Waals surface area contributed by atoms with Crippen molar-refractivity contribution in [3.8, 4) is 0 Å². The topological polar surface area (TPSA) is 52.6 Å². The number of para-hydroxylation sites is 1. The highest BCUT2D eigenvalue weighted by atomic mass is 35.5. The van der Waals surface area contributed by atoms with E-state index in [-0.39, 0.29) is 22.7 Å². The number of hydrogen-bond donors (Lipinski definition) is 2. The molecule has 4 aliphatic rings. The number of allylic oxidation sites excluding steroid dienone is 1. The van der Waals surface area contributed by atoms with Gasteiger partial charge in [0.25, 0.3) is 0 Å². The van der Waals surface area contributed by atoms with E-state index >= 15 is 0 Å². The smallest absolute Gasteiger partial charge is 0.217 e. The number of hydrogen-bond acceptors (Lipinski definition) is 3. The monoisotopic (exact) mass is 545 g/mol. The van der Waals surface area contributed by atoms with Crippen molar-refractivity contribution < 1.29 is 9.90 Å². The Balaban J connectivity index is 1.50. The minimum Gasteiger partial charge on any atom is -0.392 e. The Hall–Kier alpha value is -1.23. The number of benzene rings is 1. The summed E-state index contributed by atoms with van der Waals surface area (Å²) >= 11 is 12.3. The van der Waals surface area contributed by atoms with Crippen LogP contribution in [0.3, 0.4) is 0 Å². The molecule has 3 fully saturated rings. The van der Waals surface area contributed by atoms with E-state index in [0.717, 1.165) is 36.9 Å². The largest absolute Gasteiger partial charge is 0.392 e. The molecule has 1 aromatic carbocycles. The van der Waals surface area contributed by atoms with Crippen molar-refractivity contribution in [2.24, 2.45) is 28.6 Å². The highest BCUT2D eigenvalue weighted by Crippen LogP contribution is 2.66. The van der Waals surface area contributed by atoms with Crippen LogP contribution in [-0.4, -0.2) is 48.0 Å². The van der Waals surface area contributed by atoms with Crippen LogP contribution in [0.1, 0.15) is 77.2 Å². The molecule has 6 heteroatoms. The van der Waals surface area contributed by atoms with Crippen molar-refractivity contribution in [2.75, 3.05) is 29.7 Å². The third kappa shape index (κ3) is 4.63. The van der Waals surface area contributed by atoms with Gasteiger partial charge in [0, 0.05) is 55.5 Å². The second-order valence-electron chi connectivity index (χ2n) is 12.5. The summed E-state index contributed by atoms with van der Waals surface area (Å²) in [4.78, 5) is 14.2. The minimum atomic E-state index is -0.399. The summed E-state index contributed by atoms with van der Waals surface area (Å²) in [5, 5.41) is 14.8. The highest BCUT2D eigenvalue weighted by molar-refractivity contribution is 6.18. The van der Waals surface area contributed by atoms with Crippen LogP contribution in [0.4, 0.5) is 5.69 Å². The Kier molecular flexibility index (Phi) is 7.93. The number of amides is 1. The Morgan fingerprint density at radius 3 is 2.59 bits per heavy atom. The van der Waals surface area contributed by atoms with Gasteiger partial charge in [-0.3, -0.25) is 4.79 Å². The molecular formula is C31H43Cl2N2O2. The first kappa shape index (κ1) is 27.3. The van der Waals surface area contributed by atoms with Crippen LogP contribution >= 0.6 is 23.2 Å². The van der Waals surface area contributed by atoms with Gasteiger partial charge in [0.1, 0.15) is 0 Å². The summed E-state index contributed by atoms with van der Waals surface area (Å²) in [6, 6.07) is 9.97. The minimum absolute atomic E-state index is 0.0238. The zero-order chi connectivity index (χ0) is 26.4. The second kappa shape index (κ2) is 10.7. The Morgan fingerprint density at radius 1 is 1.14 bits per heavy atom. The molecule has 0 aromatic heterocycles. The Morgan fingerprint density at radius 2 is 1.89 bits per heavy atom. The van der Waals surface area contributed by atoms with Gasteiger partial charge in [-0.2, -0.15) is 0 Å². The van der Waals surface area contributed by atoms with Crippen LogP contribution in [0.15, 0.2) is 29.8 Å². The van der Waals surface area contributed by atoms with Gasteiger partial charge in [-0.05, 0) is 79.1 Å². The lowest BCUT2D eigenvalue weighted by Crippen LogP contribution is -2.54. The molecule has 8 atom stereocenters. The normalized spacial score (nSPS) is 38.7. The first-order valence-corrected chi connectivity index (χ1v) is 15.3. The number of aliphatic hydroxyl groups is 1. The maximum atomic E-state index is 11.9. The first-order valence-electron chi connectivity index (χ1n) is 14.3. The zero-order valence-electron chi connectivity index (χ0n) is 22.6. The van der Waals surface area contributed by atoms with E-state index < -0.39 is 6.10 Å². The van der Waals surface area contributed by atoms with Gasteiger partial charge in [-0.15, -0.1) is 23.2 Å². The molecule has 37 heavy (non-hydrogen) atoms. The van der Waals surface area contributed by atoms with Crippen molar-refractivity contribution in [2.45, 2.75) is 83.8 Å². The van der Waals surface area contributed by atoms with Gasteiger partial charge in [0.2, 0.25) is 5.91 Å². The number of aliphatic hydroxyl groups excluding tert-OH is 1. The Labute approximate surface area is 233 Å². The summed E-state index contributed by atoms with van der Waals surface area (Å²) in [6.45, 7) is 8.00. The number of nitrogens with one attached hydrogen (secondary N) is 1. The van der Waals surface area contributed by atoms with E-state index in [1.807, 2.05) is 6.07 Å². The lowest BCUT2D eigenvalue weighted by atomic mass is 9.46. The van der Waals surface area contributed by atoms with Crippen LogP contribution in [0.5, 0.6) is 0 Å². The molecule has 4 nitrogen and oxygen atoms in total. The van der Waals surface area contributed by atoms with Gasteiger partial charge in [-0.1, -0.05) is 43.7 Å². The van der Waals surface area contributed by atoms with Crippen molar-refractivity contribution in [3.05, 3.63) is 41.5 Å². The van der Waals surface area contributed by atoms with Gasteiger partial charge < -0.3 is 15.3 Å². The molecule has 0 saturated heterocycles. The number of nitrogens with zero attached hydrogens (tertiary/aromatic N) is 1. The van der Waals surface area contributed by atoms with Gasteiger partial charge in [-0.25, -0.2) is 0 Å². The molecule has 0 bridgehead atoms. The molecule has 1 radical (unpaired) electrons. The van der Waals surface area contributed by atoms with E-state index in [0.29, 0.717) is 48.6 Å². The fourth-order valence-corrected chi connectivity index (χ4v) is 9.52. The van der Waals surface area contributed by atoms with E-state index in [1.165, 1.54) is 24.8 Å².